The third-order valence-electron chi connectivity index (χ3n) is 5.02. The Morgan fingerprint density at radius 3 is 2.54 bits per heavy atom. The number of pyridine rings is 1. The summed E-state index contributed by atoms with van der Waals surface area (Å²) in [5.74, 6) is 0.880. The van der Waals surface area contributed by atoms with E-state index in [-0.39, 0.29) is 5.91 Å². The Morgan fingerprint density at radius 1 is 1.08 bits per heavy atom. The summed E-state index contributed by atoms with van der Waals surface area (Å²) >= 11 is 1.66. The molecule has 26 heavy (non-hydrogen) atoms. The maximum absolute atomic E-state index is 13.2. The van der Waals surface area contributed by atoms with Gasteiger partial charge in [0.2, 0.25) is 0 Å². The zero-order chi connectivity index (χ0) is 17.9. The van der Waals surface area contributed by atoms with Gasteiger partial charge < -0.3 is 19.4 Å². The van der Waals surface area contributed by atoms with E-state index in [1.165, 1.54) is 0 Å². The maximum Gasteiger partial charge on any atom is 0.257 e. The monoisotopic (exact) mass is 372 g/mol. The van der Waals surface area contributed by atoms with Crippen LogP contribution in [0, 0.1) is 0 Å². The van der Waals surface area contributed by atoms with Crippen molar-refractivity contribution < 1.29 is 9.53 Å². The quantitative estimate of drug-likeness (QED) is 0.825. The molecule has 0 bridgehead atoms. The molecule has 2 aliphatic heterocycles. The summed E-state index contributed by atoms with van der Waals surface area (Å²) in [4.78, 5) is 24.5. The van der Waals surface area contributed by atoms with E-state index in [4.69, 9.17) is 9.72 Å². The standard InChI is InChI=1S/C19H24N4O2S/c1-21-5-7-23(8-6-21)19(24)16-2-3-17(15-4-13-26-14-15)20-18(16)22-9-11-25-12-10-22/h2-4,13-14H,5-12H2,1H3. The van der Waals surface area contributed by atoms with Gasteiger partial charge in [0.05, 0.1) is 24.5 Å². The van der Waals surface area contributed by atoms with Crippen LogP contribution in [0.5, 0.6) is 0 Å². The normalized spacial score (nSPS) is 19.0. The zero-order valence-corrected chi connectivity index (χ0v) is 15.9. The first-order valence-corrected chi connectivity index (χ1v) is 10.0. The number of carbonyl (C=O) groups excluding carboxylic acids is 1. The SMILES string of the molecule is CN1CCN(C(=O)c2ccc(-c3ccsc3)nc2N2CCOCC2)CC1. The highest BCUT2D eigenvalue weighted by atomic mass is 32.1. The van der Waals surface area contributed by atoms with Gasteiger partial charge in [0, 0.05) is 50.2 Å². The Balaban J connectivity index is 1.67. The average Bonchev–Trinajstić information content (AvgIpc) is 3.23. The van der Waals surface area contributed by atoms with Gasteiger partial charge in [-0.1, -0.05) is 0 Å². The van der Waals surface area contributed by atoms with Crippen molar-refractivity contribution in [2.75, 3.05) is 64.4 Å². The van der Waals surface area contributed by atoms with Crippen LogP contribution in [0.1, 0.15) is 10.4 Å². The van der Waals surface area contributed by atoms with Gasteiger partial charge in [0.1, 0.15) is 5.82 Å². The average molecular weight is 372 g/mol. The van der Waals surface area contributed by atoms with E-state index in [2.05, 4.69) is 33.7 Å². The minimum atomic E-state index is 0.0870. The van der Waals surface area contributed by atoms with Gasteiger partial charge >= 0.3 is 0 Å². The predicted molar refractivity (Wildman–Crippen MR) is 104 cm³/mol. The summed E-state index contributed by atoms with van der Waals surface area (Å²) in [5, 5.41) is 4.14. The van der Waals surface area contributed by atoms with Crippen LogP contribution < -0.4 is 4.90 Å². The molecule has 0 aliphatic carbocycles. The number of hydrogen-bond donors (Lipinski definition) is 0. The molecule has 2 fully saturated rings. The second-order valence-electron chi connectivity index (χ2n) is 6.77. The largest absolute Gasteiger partial charge is 0.378 e. The lowest BCUT2D eigenvalue weighted by atomic mass is 10.1. The van der Waals surface area contributed by atoms with Crippen molar-refractivity contribution in [3.05, 3.63) is 34.5 Å². The molecule has 0 saturated carbocycles. The van der Waals surface area contributed by atoms with Gasteiger partial charge in [0.15, 0.2) is 0 Å². The highest BCUT2D eigenvalue weighted by Crippen LogP contribution is 2.27. The van der Waals surface area contributed by atoms with Gasteiger partial charge in [0.25, 0.3) is 5.91 Å². The number of morpholine rings is 1. The van der Waals surface area contributed by atoms with Crippen molar-refractivity contribution >= 4 is 23.1 Å². The minimum absolute atomic E-state index is 0.0870. The summed E-state index contributed by atoms with van der Waals surface area (Å²) in [5.41, 5.74) is 2.72. The van der Waals surface area contributed by atoms with Crippen LogP contribution in [0.4, 0.5) is 5.82 Å². The van der Waals surface area contributed by atoms with Gasteiger partial charge in [-0.25, -0.2) is 4.98 Å². The summed E-state index contributed by atoms with van der Waals surface area (Å²) in [6.07, 6.45) is 0. The Labute approximate surface area is 158 Å². The van der Waals surface area contributed by atoms with Crippen molar-refractivity contribution in [3.63, 3.8) is 0 Å². The molecule has 138 valence electrons. The number of anilines is 1. The molecule has 2 aromatic rings. The van der Waals surface area contributed by atoms with Gasteiger partial charge in [-0.05, 0) is 30.6 Å². The highest BCUT2D eigenvalue weighted by molar-refractivity contribution is 7.08. The third-order valence-corrected chi connectivity index (χ3v) is 5.71. The molecular formula is C19H24N4O2S. The lowest BCUT2D eigenvalue weighted by Crippen LogP contribution is -2.47. The molecule has 0 spiro atoms. The lowest BCUT2D eigenvalue weighted by molar-refractivity contribution is 0.0663. The molecule has 0 radical (unpaired) electrons. The fraction of sp³-hybridized carbons (Fsp3) is 0.474. The Hall–Kier alpha value is -1.96. The van der Waals surface area contributed by atoms with Gasteiger partial charge in [-0.3, -0.25) is 4.79 Å². The molecule has 4 rings (SSSR count). The van der Waals surface area contributed by atoms with Crippen LogP contribution in [0.2, 0.25) is 0 Å². The van der Waals surface area contributed by atoms with Crippen molar-refractivity contribution in [1.29, 1.82) is 0 Å². The Kier molecular flexibility index (Phi) is 5.19. The van der Waals surface area contributed by atoms with Crippen LogP contribution in [-0.2, 0) is 4.74 Å². The molecule has 7 heteroatoms. The number of thiophene rings is 1. The number of hydrogen-bond acceptors (Lipinski definition) is 6. The van der Waals surface area contributed by atoms with Crippen LogP contribution in [-0.4, -0.2) is 80.2 Å². The maximum atomic E-state index is 13.2. The molecule has 0 N–H and O–H groups in total. The van der Waals surface area contributed by atoms with Gasteiger partial charge in [-0.2, -0.15) is 11.3 Å². The molecule has 2 aliphatic rings. The predicted octanol–water partition coefficient (Wildman–Crippen LogP) is 2.03. The third kappa shape index (κ3) is 3.60. The zero-order valence-electron chi connectivity index (χ0n) is 15.1. The molecule has 2 saturated heterocycles. The van der Waals surface area contributed by atoms with Crippen LogP contribution >= 0.6 is 11.3 Å². The van der Waals surface area contributed by atoms with E-state index in [0.29, 0.717) is 18.8 Å². The second-order valence-corrected chi connectivity index (χ2v) is 7.55. The number of nitrogens with zero attached hydrogens (tertiary/aromatic N) is 4. The van der Waals surface area contributed by atoms with E-state index in [0.717, 1.165) is 56.3 Å². The molecule has 4 heterocycles. The summed E-state index contributed by atoms with van der Waals surface area (Å²) < 4.78 is 5.48. The fourth-order valence-corrected chi connectivity index (χ4v) is 4.03. The smallest absolute Gasteiger partial charge is 0.257 e. The summed E-state index contributed by atoms with van der Waals surface area (Å²) in [6.45, 7) is 6.25. The number of carbonyl (C=O) groups is 1. The van der Waals surface area contributed by atoms with E-state index >= 15 is 0 Å². The topological polar surface area (TPSA) is 48.9 Å². The first kappa shape index (κ1) is 17.5. The van der Waals surface area contributed by atoms with Crippen molar-refractivity contribution in [1.82, 2.24) is 14.8 Å². The van der Waals surface area contributed by atoms with Crippen LogP contribution in [0.3, 0.4) is 0 Å². The molecule has 1 amide bonds. The van der Waals surface area contributed by atoms with E-state index in [1.54, 1.807) is 11.3 Å². The van der Waals surface area contributed by atoms with Crippen molar-refractivity contribution in [3.8, 4) is 11.3 Å². The minimum Gasteiger partial charge on any atom is -0.378 e. The molecule has 6 nitrogen and oxygen atoms in total. The number of amides is 1. The molecular weight excluding hydrogens is 348 g/mol. The lowest BCUT2D eigenvalue weighted by Gasteiger charge is -2.34. The molecule has 2 aromatic heterocycles. The molecule has 0 aromatic carbocycles. The number of ether oxygens (including phenoxy) is 1. The van der Waals surface area contributed by atoms with Crippen LogP contribution in [0.15, 0.2) is 29.0 Å². The van der Waals surface area contributed by atoms with E-state index < -0.39 is 0 Å². The second kappa shape index (κ2) is 7.73. The van der Waals surface area contributed by atoms with E-state index in [9.17, 15) is 4.79 Å². The molecule has 0 atom stereocenters. The van der Waals surface area contributed by atoms with E-state index in [1.807, 2.05) is 17.0 Å². The van der Waals surface area contributed by atoms with Crippen molar-refractivity contribution in [2.45, 2.75) is 0 Å². The van der Waals surface area contributed by atoms with Crippen LogP contribution in [0.25, 0.3) is 11.3 Å². The Bertz CT molecular complexity index is 751. The Morgan fingerprint density at radius 2 is 1.85 bits per heavy atom. The summed E-state index contributed by atoms with van der Waals surface area (Å²) in [6, 6.07) is 5.98. The first-order chi connectivity index (χ1) is 12.7. The fourth-order valence-electron chi connectivity index (χ4n) is 3.38. The first-order valence-electron chi connectivity index (χ1n) is 9.06. The number of rotatable bonds is 3. The number of piperazine rings is 1. The van der Waals surface area contributed by atoms with Gasteiger partial charge in [-0.15, -0.1) is 0 Å². The summed E-state index contributed by atoms with van der Waals surface area (Å²) in [7, 11) is 2.10. The number of aromatic nitrogens is 1. The van der Waals surface area contributed by atoms with Crippen molar-refractivity contribution in [2.24, 2.45) is 0 Å². The highest BCUT2D eigenvalue weighted by Gasteiger charge is 2.26. The number of likely N-dealkylation sites (N-methyl/N-ethyl adjacent to an activating group) is 1. The molecule has 0 unspecified atom stereocenters.